The van der Waals surface area contributed by atoms with Gasteiger partial charge in [0.25, 0.3) is 0 Å². The third kappa shape index (κ3) is 3.36. The SMILES string of the molecule is CC(=O)Nc1ccc(C(=O)C#CC2C=CC=C2)c(O)c1. The molecule has 1 aromatic rings. The average molecular weight is 267 g/mol. The lowest BCUT2D eigenvalue weighted by Gasteiger charge is -2.04. The van der Waals surface area contributed by atoms with Crippen molar-refractivity contribution in [2.75, 3.05) is 5.32 Å². The van der Waals surface area contributed by atoms with Crippen LogP contribution in [0.5, 0.6) is 5.75 Å². The molecule has 4 heteroatoms. The van der Waals surface area contributed by atoms with Crippen molar-refractivity contribution in [2.24, 2.45) is 5.92 Å². The minimum atomic E-state index is -0.453. The molecule has 2 rings (SSSR count). The minimum Gasteiger partial charge on any atom is -0.507 e. The molecule has 0 spiro atoms. The van der Waals surface area contributed by atoms with Crippen molar-refractivity contribution in [3.05, 3.63) is 48.1 Å². The molecule has 0 fully saturated rings. The number of amides is 1. The van der Waals surface area contributed by atoms with Crippen molar-refractivity contribution >= 4 is 17.4 Å². The maximum Gasteiger partial charge on any atom is 0.239 e. The second-order valence-electron chi connectivity index (χ2n) is 4.31. The monoisotopic (exact) mass is 267 g/mol. The molecular formula is C16H13NO3. The van der Waals surface area contributed by atoms with E-state index in [1.54, 1.807) is 6.07 Å². The van der Waals surface area contributed by atoms with Gasteiger partial charge in [-0.25, -0.2) is 0 Å². The highest BCUT2D eigenvalue weighted by Gasteiger charge is 2.10. The summed E-state index contributed by atoms with van der Waals surface area (Å²) >= 11 is 0. The van der Waals surface area contributed by atoms with Crippen LogP contribution in [0, 0.1) is 17.8 Å². The molecule has 20 heavy (non-hydrogen) atoms. The van der Waals surface area contributed by atoms with Gasteiger partial charge in [-0.2, -0.15) is 0 Å². The summed E-state index contributed by atoms with van der Waals surface area (Å²) in [6.07, 6.45) is 7.48. The molecule has 0 unspecified atom stereocenters. The highest BCUT2D eigenvalue weighted by atomic mass is 16.3. The fourth-order valence-electron chi connectivity index (χ4n) is 1.75. The number of Topliss-reactive ketones (excluding diaryl/α,β-unsaturated/α-hetero) is 1. The lowest BCUT2D eigenvalue weighted by Crippen LogP contribution is -2.06. The number of aromatic hydroxyl groups is 1. The Kier molecular flexibility index (Phi) is 4.02. The molecule has 0 saturated heterocycles. The smallest absolute Gasteiger partial charge is 0.239 e. The van der Waals surface area contributed by atoms with Crippen molar-refractivity contribution in [1.82, 2.24) is 0 Å². The average Bonchev–Trinajstić information content (AvgIpc) is 2.88. The molecule has 0 aliphatic heterocycles. The van der Waals surface area contributed by atoms with Crippen LogP contribution in [0.1, 0.15) is 17.3 Å². The Balaban J connectivity index is 2.16. The van der Waals surface area contributed by atoms with Gasteiger partial charge in [-0.15, -0.1) is 0 Å². The van der Waals surface area contributed by atoms with Gasteiger partial charge in [0, 0.05) is 18.7 Å². The van der Waals surface area contributed by atoms with Gasteiger partial charge in [0.1, 0.15) is 5.75 Å². The standard InChI is InChI=1S/C16H13NO3/c1-11(18)17-13-7-8-14(16(20)10-13)15(19)9-6-12-4-2-3-5-12/h2-5,7-8,10,12,20H,1H3,(H,17,18). The van der Waals surface area contributed by atoms with E-state index in [1.165, 1.54) is 19.1 Å². The number of phenolic OH excluding ortho intramolecular Hbond substituents is 1. The Bertz CT molecular complexity index is 663. The van der Waals surface area contributed by atoms with Gasteiger partial charge in [0.05, 0.1) is 11.5 Å². The molecule has 0 atom stereocenters. The highest BCUT2D eigenvalue weighted by molar-refractivity contribution is 6.11. The number of ketones is 1. The normalized spacial score (nSPS) is 12.8. The number of carbonyl (C=O) groups is 2. The van der Waals surface area contributed by atoms with Gasteiger partial charge in [0.15, 0.2) is 0 Å². The largest absolute Gasteiger partial charge is 0.507 e. The fraction of sp³-hybridized carbons (Fsp3) is 0.125. The van der Waals surface area contributed by atoms with Crippen LogP contribution in [-0.2, 0) is 4.79 Å². The Labute approximate surface area is 116 Å². The molecule has 0 radical (unpaired) electrons. The van der Waals surface area contributed by atoms with Gasteiger partial charge >= 0.3 is 0 Å². The van der Waals surface area contributed by atoms with Crippen LogP contribution in [0.15, 0.2) is 42.5 Å². The number of benzene rings is 1. The first-order valence-corrected chi connectivity index (χ1v) is 6.08. The number of carbonyl (C=O) groups excluding carboxylic acids is 2. The van der Waals surface area contributed by atoms with Crippen LogP contribution >= 0.6 is 0 Å². The predicted octanol–water partition coefficient (Wildman–Crippen LogP) is 2.28. The van der Waals surface area contributed by atoms with Crippen LogP contribution in [0.4, 0.5) is 5.69 Å². The number of hydrogen-bond donors (Lipinski definition) is 2. The fourth-order valence-corrected chi connectivity index (χ4v) is 1.75. The summed E-state index contributed by atoms with van der Waals surface area (Å²) in [6, 6.07) is 4.31. The molecule has 0 bridgehead atoms. The lowest BCUT2D eigenvalue weighted by atomic mass is 10.1. The Morgan fingerprint density at radius 1 is 1.25 bits per heavy atom. The molecule has 100 valence electrons. The van der Waals surface area contributed by atoms with Gasteiger partial charge in [-0.1, -0.05) is 30.2 Å². The summed E-state index contributed by atoms with van der Waals surface area (Å²) in [6.45, 7) is 1.37. The zero-order valence-electron chi connectivity index (χ0n) is 10.9. The molecule has 1 aliphatic carbocycles. The number of rotatable bonds is 2. The van der Waals surface area contributed by atoms with Crippen LogP contribution in [-0.4, -0.2) is 16.8 Å². The first kappa shape index (κ1) is 13.6. The third-order valence-electron chi connectivity index (χ3n) is 2.66. The Morgan fingerprint density at radius 3 is 2.55 bits per heavy atom. The van der Waals surface area contributed by atoms with Crippen molar-refractivity contribution in [1.29, 1.82) is 0 Å². The van der Waals surface area contributed by atoms with Crippen LogP contribution in [0.3, 0.4) is 0 Å². The molecule has 1 aliphatic rings. The molecule has 1 amide bonds. The molecule has 1 aromatic carbocycles. The molecule has 2 N–H and O–H groups in total. The van der Waals surface area contributed by atoms with Gasteiger partial charge < -0.3 is 10.4 Å². The van der Waals surface area contributed by atoms with Crippen LogP contribution in [0.25, 0.3) is 0 Å². The van der Waals surface area contributed by atoms with Crippen LogP contribution in [0.2, 0.25) is 0 Å². The van der Waals surface area contributed by atoms with E-state index in [1.807, 2.05) is 24.3 Å². The Morgan fingerprint density at radius 2 is 1.95 bits per heavy atom. The van der Waals surface area contributed by atoms with Crippen molar-refractivity contribution in [3.63, 3.8) is 0 Å². The molecule has 0 aromatic heterocycles. The first-order chi connectivity index (χ1) is 9.56. The molecule has 4 nitrogen and oxygen atoms in total. The van der Waals surface area contributed by atoms with Gasteiger partial charge in [-0.3, -0.25) is 9.59 Å². The van der Waals surface area contributed by atoms with Crippen molar-refractivity contribution < 1.29 is 14.7 Å². The van der Waals surface area contributed by atoms with E-state index < -0.39 is 5.78 Å². The van der Waals surface area contributed by atoms with E-state index in [2.05, 4.69) is 17.2 Å². The molecular weight excluding hydrogens is 254 g/mol. The van der Waals surface area contributed by atoms with E-state index in [0.29, 0.717) is 5.69 Å². The number of hydrogen-bond acceptors (Lipinski definition) is 3. The first-order valence-electron chi connectivity index (χ1n) is 6.08. The summed E-state index contributed by atoms with van der Waals surface area (Å²) in [7, 11) is 0. The summed E-state index contributed by atoms with van der Waals surface area (Å²) in [5.74, 6) is 4.35. The second kappa shape index (κ2) is 5.89. The van der Waals surface area contributed by atoms with Gasteiger partial charge in [-0.05, 0) is 18.1 Å². The third-order valence-corrected chi connectivity index (χ3v) is 2.66. The Hall–Kier alpha value is -2.80. The zero-order valence-corrected chi connectivity index (χ0v) is 10.9. The lowest BCUT2D eigenvalue weighted by molar-refractivity contribution is -0.114. The van der Waals surface area contributed by atoms with Crippen molar-refractivity contribution in [3.8, 4) is 17.6 Å². The maximum absolute atomic E-state index is 11.9. The van der Waals surface area contributed by atoms with Gasteiger partial charge in [0.2, 0.25) is 11.7 Å². The van der Waals surface area contributed by atoms with E-state index >= 15 is 0 Å². The maximum atomic E-state index is 11.9. The topological polar surface area (TPSA) is 66.4 Å². The summed E-state index contributed by atoms with van der Waals surface area (Å²) < 4.78 is 0. The quantitative estimate of drug-likeness (QED) is 0.491. The van der Waals surface area contributed by atoms with Crippen molar-refractivity contribution in [2.45, 2.75) is 6.92 Å². The second-order valence-corrected chi connectivity index (χ2v) is 4.31. The summed E-state index contributed by atoms with van der Waals surface area (Å²) in [5.41, 5.74) is 0.554. The number of allylic oxidation sites excluding steroid dienone is 4. The summed E-state index contributed by atoms with van der Waals surface area (Å²) in [4.78, 5) is 22.8. The zero-order chi connectivity index (χ0) is 14.5. The van der Waals surface area contributed by atoms with E-state index in [9.17, 15) is 14.7 Å². The number of phenols is 1. The molecule has 0 heterocycles. The summed E-state index contributed by atoms with van der Waals surface area (Å²) in [5, 5.41) is 12.3. The van der Waals surface area contributed by atoms with E-state index in [-0.39, 0.29) is 23.1 Å². The minimum absolute atomic E-state index is 0.0558. The highest BCUT2D eigenvalue weighted by Crippen LogP contribution is 2.22. The molecule has 0 saturated carbocycles. The van der Waals surface area contributed by atoms with E-state index in [0.717, 1.165) is 0 Å². The predicted molar refractivity (Wildman–Crippen MR) is 76.3 cm³/mol. The van der Waals surface area contributed by atoms with E-state index in [4.69, 9.17) is 0 Å². The number of anilines is 1. The number of nitrogens with one attached hydrogen (secondary N) is 1. The van der Waals surface area contributed by atoms with Crippen LogP contribution < -0.4 is 5.32 Å².